The Morgan fingerprint density at radius 1 is 1.27 bits per heavy atom. The van der Waals surface area contributed by atoms with E-state index < -0.39 is 0 Å². The second-order valence-electron chi connectivity index (χ2n) is 6.39. The average molecular weight is 297 g/mol. The van der Waals surface area contributed by atoms with E-state index in [2.05, 4.69) is 73.0 Å². The molecule has 4 nitrogen and oxygen atoms in total. The Balaban J connectivity index is 1.82. The number of fused-ring (bicyclic) bond motifs is 3. The normalized spacial score (nSPS) is 16.0. The van der Waals surface area contributed by atoms with Crippen LogP contribution in [-0.2, 0) is 4.84 Å². The zero-order valence-corrected chi connectivity index (χ0v) is 13.7. The molecule has 4 heteroatoms. The van der Waals surface area contributed by atoms with Crippen LogP contribution in [0.25, 0.3) is 5.69 Å². The Bertz CT molecular complexity index is 700. The molecule has 0 fully saturated rings. The summed E-state index contributed by atoms with van der Waals surface area (Å²) >= 11 is 0. The van der Waals surface area contributed by atoms with Crippen LogP contribution in [0, 0.1) is 12.8 Å². The van der Waals surface area contributed by atoms with Crippen LogP contribution in [0.5, 0.6) is 0 Å². The lowest BCUT2D eigenvalue weighted by Gasteiger charge is -2.15. The molecule has 1 aromatic carbocycles. The number of benzene rings is 1. The van der Waals surface area contributed by atoms with Crippen LogP contribution in [-0.4, -0.2) is 42.4 Å². The van der Waals surface area contributed by atoms with E-state index in [1.54, 1.807) is 0 Å². The molecule has 1 aliphatic heterocycles. The molecule has 1 unspecified atom stereocenters. The first-order valence-electron chi connectivity index (χ1n) is 7.70. The summed E-state index contributed by atoms with van der Waals surface area (Å²) in [7, 11) is 4.15. The molecule has 0 amide bonds. The lowest BCUT2D eigenvalue weighted by molar-refractivity contribution is 0.102. The van der Waals surface area contributed by atoms with E-state index in [-0.39, 0.29) is 0 Å². The Kier molecular flexibility index (Phi) is 4.03. The van der Waals surface area contributed by atoms with Gasteiger partial charge in [-0.05, 0) is 45.3 Å². The fourth-order valence-corrected chi connectivity index (χ4v) is 2.97. The van der Waals surface area contributed by atoms with E-state index in [4.69, 9.17) is 4.84 Å². The Hall–Kier alpha value is -2.07. The maximum Gasteiger partial charge on any atom is 0.136 e. The first kappa shape index (κ1) is 14.9. The van der Waals surface area contributed by atoms with Crippen molar-refractivity contribution in [3.63, 3.8) is 0 Å². The fourth-order valence-electron chi connectivity index (χ4n) is 2.97. The number of hydrogen-bond acceptors (Lipinski definition) is 3. The van der Waals surface area contributed by atoms with Gasteiger partial charge in [0.05, 0.1) is 11.4 Å². The molecule has 0 saturated carbocycles. The Morgan fingerprint density at radius 3 is 2.86 bits per heavy atom. The van der Waals surface area contributed by atoms with Gasteiger partial charge in [0.1, 0.15) is 12.3 Å². The van der Waals surface area contributed by atoms with Gasteiger partial charge in [-0.2, -0.15) is 0 Å². The fraction of sp³-hybridized carbons (Fsp3) is 0.389. The van der Waals surface area contributed by atoms with E-state index in [0.717, 1.165) is 23.5 Å². The molecule has 0 saturated heterocycles. The van der Waals surface area contributed by atoms with Crippen molar-refractivity contribution in [3.8, 4) is 5.69 Å². The lowest BCUT2D eigenvalue weighted by Crippen LogP contribution is -2.22. The molecule has 2 heterocycles. The molecule has 1 atom stereocenters. The number of aryl methyl sites for hydroxylation is 1. The summed E-state index contributed by atoms with van der Waals surface area (Å²) in [4.78, 5) is 7.82. The summed E-state index contributed by atoms with van der Waals surface area (Å²) in [5.41, 5.74) is 5.59. The second kappa shape index (κ2) is 5.97. The van der Waals surface area contributed by atoms with Crippen molar-refractivity contribution in [2.24, 2.45) is 11.1 Å². The van der Waals surface area contributed by atoms with Crippen LogP contribution in [0.3, 0.4) is 0 Å². The van der Waals surface area contributed by atoms with Gasteiger partial charge in [0.15, 0.2) is 0 Å². The predicted octanol–water partition coefficient (Wildman–Crippen LogP) is 3.07. The van der Waals surface area contributed by atoms with Crippen molar-refractivity contribution in [3.05, 3.63) is 53.3 Å². The minimum absolute atomic E-state index is 0.449. The van der Waals surface area contributed by atoms with Crippen molar-refractivity contribution in [2.75, 3.05) is 27.2 Å². The summed E-state index contributed by atoms with van der Waals surface area (Å²) in [6.45, 7) is 5.90. The third kappa shape index (κ3) is 2.79. The van der Waals surface area contributed by atoms with Gasteiger partial charge in [0, 0.05) is 24.2 Å². The molecule has 0 N–H and O–H groups in total. The molecule has 116 valence electrons. The van der Waals surface area contributed by atoms with Gasteiger partial charge in [0.2, 0.25) is 0 Å². The third-order valence-corrected chi connectivity index (χ3v) is 3.85. The van der Waals surface area contributed by atoms with Gasteiger partial charge in [-0.3, -0.25) is 0 Å². The highest BCUT2D eigenvalue weighted by atomic mass is 16.6. The van der Waals surface area contributed by atoms with Crippen molar-refractivity contribution < 1.29 is 4.84 Å². The maximum absolute atomic E-state index is 5.65. The lowest BCUT2D eigenvalue weighted by atomic mass is 10.1. The molecule has 1 aromatic heterocycles. The van der Waals surface area contributed by atoms with Crippen molar-refractivity contribution >= 4 is 5.71 Å². The Labute approximate surface area is 132 Å². The van der Waals surface area contributed by atoms with Gasteiger partial charge < -0.3 is 14.3 Å². The summed E-state index contributed by atoms with van der Waals surface area (Å²) in [6, 6.07) is 10.6. The third-order valence-electron chi connectivity index (χ3n) is 3.85. The average Bonchev–Trinajstić information content (AvgIpc) is 3.00. The molecule has 0 bridgehead atoms. The molecular weight excluding hydrogens is 274 g/mol. The monoisotopic (exact) mass is 297 g/mol. The van der Waals surface area contributed by atoms with Crippen LogP contribution in [0.15, 0.2) is 41.7 Å². The van der Waals surface area contributed by atoms with E-state index in [1.165, 1.54) is 11.3 Å². The second-order valence-corrected chi connectivity index (χ2v) is 6.39. The predicted molar refractivity (Wildman–Crippen MR) is 89.8 cm³/mol. The standard InChI is InChI=1S/C18H23N3O/c1-13-7-8-16-15(10-13)18(17-6-5-9-21(16)17)19-22-12-14(2)11-20(3)4/h5-10,14H,11-12H2,1-4H3/b19-18-. The molecule has 0 radical (unpaired) electrons. The van der Waals surface area contributed by atoms with E-state index >= 15 is 0 Å². The van der Waals surface area contributed by atoms with Gasteiger partial charge in [-0.15, -0.1) is 0 Å². The number of nitrogens with zero attached hydrogens (tertiary/aromatic N) is 3. The minimum Gasteiger partial charge on any atom is -0.395 e. The van der Waals surface area contributed by atoms with Gasteiger partial charge in [0.25, 0.3) is 0 Å². The number of oxime groups is 1. The van der Waals surface area contributed by atoms with Crippen molar-refractivity contribution in [1.82, 2.24) is 9.47 Å². The molecular formula is C18H23N3O. The molecule has 3 rings (SSSR count). The zero-order chi connectivity index (χ0) is 15.7. The topological polar surface area (TPSA) is 29.8 Å². The molecule has 1 aliphatic rings. The highest BCUT2D eigenvalue weighted by Crippen LogP contribution is 2.29. The summed E-state index contributed by atoms with van der Waals surface area (Å²) in [6.07, 6.45) is 2.07. The van der Waals surface area contributed by atoms with Gasteiger partial charge >= 0.3 is 0 Å². The first-order chi connectivity index (χ1) is 10.6. The maximum atomic E-state index is 5.65. The first-order valence-corrected chi connectivity index (χ1v) is 7.70. The van der Waals surface area contributed by atoms with Crippen LogP contribution < -0.4 is 0 Å². The smallest absolute Gasteiger partial charge is 0.136 e. The molecule has 22 heavy (non-hydrogen) atoms. The quantitative estimate of drug-likeness (QED) is 0.677. The minimum atomic E-state index is 0.449. The largest absolute Gasteiger partial charge is 0.395 e. The van der Waals surface area contributed by atoms with Crippen molar-refractivity contribution in [2.45, 2.75) is 13.8 Å². The summed E-state index contributed by atoms with van der Waals surface area (Å²) in [5.74, 6) is 0.449. The van der Waals surface area contributed by atoms with Crippen LogP contribution in [0.1, 0.15) is 23.7 Å². The number of rotatable bonds is 5. The van der Waals surface area contributed by atoms with Gasteiger partial charge in [-0.1, -0.05) is 23.7 Å². The van der Waals surface area contributed by atoms with E-state index in [1.807, 2.05) is 6.07 Å². The Morgan fingerprint density at radius 2 is 2.09 bits per heavy atom. The SMILES string of the molecule is Cc1ccc2c(c1)/C(=N/OCC(C)CN(C)C)c1cccn1-2. The summed E-state index contributed by atoms with van der Waals surface area (Å²) < 4.78 is 2.17. The van der Waals surface area contributed by atoms with Crippen LogP contribution in [0.4, 0.5) is 0 Å². The zero-order valence-electron chi connectivity index (χ0n) is 13.7. The molecule has 0 aliphatic carbocycles. The van der Waals surface area contributed by atoms with Crippen LogP contribution in [0.2, 0.25) is 0 Å². The number of aromatic nitrogens is 1. The number of hydrogen-bond donors (Lipinski definition) is 0. The van der Waals surface area contributed by atoms with Crippen LogP contribution >= 0.6 is 0 Å². The van der Waals surface area contributed by atoms with Gasteiger partial charge in [-0.25, -0.2) is 0 Å². The highest BCUT2D eigenvalue weighted by Gasteiger charge is 2.25. The highest BCUT2D eigenvalue weighted by molar-refractivity contribution is 6.17. The molecule has 2 aromatic rings. The van der Waals surface area contributed by atoms with Crippen molar-refractivity contribution in [1.29, 1.82) is 0 Å². The molecule has 0 spiro atoms. The van der Waals surface area contributed by atoms with E-state index in [9.17, 15) is 0 Å². The van der Waals surface area contributed by atoms with E-state index in [0.29, 0.717) is 12.5 Å². The summed E-state index contributed by atoms with van der Waals surface area (Å²) in [5, 5.41) is 4.44.